The fourth-order valence-electron chi connectivity index (χ4n) is 3.92. The van der Waals surface area contributed by atoms with Crippen LogP contribution in [0.3, 0.4) is 0 Å². The molecular formula is C23H28N4. The van der Waals surface area contributed by atoms with E-state index in [0.29, 0.717) is 6.04 Å². The Labute approximate surface area is 161 Å². The highest BCUT2D eigenvalue weighted by Gasteiger charge is 2.19. The van der Waals surface area contributed by atoms with Crippen LogP contribution in [0.1, 0.15) is 29.8 Å². The van der Waals surface area contributed by atoms with Gasteiger partial charge in [-0.05, 0) is 49.9 Å². The van der Waals surface area contributed by atoms with Crippen LogP contribution in [0.25, 0.3) is 11.1 Å². The van der Waals surface area contributed by atoms with Gasteiger partial charge < -0.3 is 10.2 Å². The van der Waals surface area contributed by atoms with Crippen molar-refractivity contribution < 1.29 is 0 Å². The van der Waals surface area contributed by atoms with Gasteiger partial charge in [0.05, 0.1) is 5.69 Å². The second kappa shape index (κ2) is 7.97. The second-order valence-electron chi connectivity index (χ2n) is 7.47. The van der Waals surface area contributed by atoms with Crippen molar-refractivity contribution in [2.45, 2.75) is 39.3 Å². The highest BCUT2D eigenvalue weighted by molar-refractivity contribution is 5.66. The number of aromatic amines is 1. The molecule has 0 bridgehead atoms. The molecule has 3 aromatic rings. The van der Waals surface area contributed by atoms with Gasteiger partial charge in [-0.2, -0.15) is 5.10 Å². The maximum atomic E-state index is 4.29. The van der Waals surface area contributed by atoms with Crippen molar-refractivity contribution in [3.05, 3.63) is 71.5 Å². The molecule has 0 atom stereocenters. The molecule has 0 amide bonds. The molecule has 1 aromatic heterocycles. The van der Waals surface area contributed by atoms with Gasteiger partial charge in [-0.1, -0.05) is 42.5 Å². The number of nitrogens with one attached hydrogen (secondary N) is 2. The summed E-state index contributed by atoms with van der Waals surface area (Å²) in [5, 5.41) is 11.1. The summed E-state index contributed by atoms with van der Waals surface area (Å²) in [6.45, 7) is 7.28. The molecule has 0 spiro atoms. The van der Waals surface area contributed by atoms with Crippen LogP contribution in [0.4, 0.5) is 5.69 Å². The highest BCUT2D eigenvalue weighted by atomic mass is 15.2. The first kappa shape index (κ1) is 17.8. The van der Waals surface area contributed by atoms with Gasteiger partial charge in [0.2, 0.25) is 0 Å². The largest absolute Gasteiger partial charge is 0.371 e. The minimum absolute atomic E-state index is 0.582. The van der Waals surface area contributed by atoms with Crippen molar-refractivity contribution >= 4 is 5.69 Å². The molecular weight excluding hydrogens is 332 g/mol. The second-order valence-corrected chi connectivity index (χ2v) is 7.47. The minimum Gasteiger partial charge on any atom is -0.371 e. The SMILES string of the molecule is Cc1n[nH]c(C)c1CNC1CCN(c2ccc(-c3ccccc3)cc2)CC1. The van der Waals surface area contributed by atoms with E-state index in [1.54, 1.807) is 0 Å². The maximum absolute atomic E-state index is 4.29. The van der Waals surface area contributed by atoms with Crippen LogP contribution in [-0.4, -0.2) is 29.3 Å². The Balaban J connectivity index is 1.31. The number of hydrogen-bond donors (Lipinski definition) is 2. The molecule has 4 rings (SSSR count). The Morgan fingerprint density at radius 3 is 2.26 bits per heavy atom. The van der Waals surface area contributed by atoms with Crippen LogP contribution >= 0.6 is 0 Å². The summed E-state index contributed by atoms with van der Waals surface area (Å²) in [5.41, 5.74) is 7.48. The van der Waals surface area contributed by atoms with Gasteiger partial charge in [0.15, 0.2) is 0 Å². The zero-order chi connectivity index (χ0) is 18.6. The molecule has 27 heavy (non-hydrogen) atoms. The normalized spacial score (nSPS) is 15.3. The van der Waals surface area contributed by atoms with E-state index in [0.717, 1.165) is 25.3 Å². The first-order chi connectivity index (χ1) is 13.2. The van der Waals surface area contributed by atoms with E-state index in [9.17, 15) is 0 Å². The summed E-state index contributed by atoms with van der Waals surface area (Å²) in [6.07, 6.45) is 2.35. The predicted molar refractivity (Wildman–Crippen MR) is 112 cm³/mol. The van der Waals surface area contributed by atoms with Crippen molar-refractivity contribution in [3.63, 3.8) is 0 Å². The molecule has 1 aliphatic heterocycles. The van der Waals surface area contributed by atoms with Crippen LogP contribution in [-0.2, 0) is 6.54 Å². The molecule has 4 heteroatoms. The van der Waals surface area contributed by atoms with Gasteiger partial charge >= 0.3 is 0 Å². The first-order valence-corrected chi connectivity index (χ1v) is 9.85. The quantitative estimate of drug-likeness (QED) is 0.706. The van der Waals surface area contributed by atoms with E-state index < -0.39 is 0 Å². The topological polar surface area (TPSA) is 44.0 Å². The van der Waals surface area contributed by atoms with Crippen LogP contribution in [0.2, 0.25) is 0 Å². The number of hydrogen-bond acceptors (Lipinski definition) is 3. The van der Waals surface area contributed by atoms with E-state index in [1.165, 1.54) is 40.9 Å². The molecule has 1 aliphatic rings. The average molecular weight is 361 g/mol. The van der Waals surface area contributed by atoms with Gasteiger partial charge in [-0.25, -0.2) is 0 Å². The third-order valence-electron chi connectivity index (χ3n) is 5.68. The molecule has 0 saturated carbocycles. The maximum Gasteiger partial charge on any atom is 0.0638 e. The predicted octanol–water partition coefficient (Wildman–Crippen LogP) is 4.45. The van der Waals surface area contributed by atoms with Crippen molar-refractivity contribution in [1.29, 1.82) is 0 Å². The lowest BCUT2D eigenvalue weighted by atomic mass is 10.0. The fourth-order valence-corrected chi connectivity index (χ4v) is 3.92. The van der Waals surface area contributed by atoms with E-state index >= 15 is 0 Å². The fraction of sp³-hybridized carbons (Fsp3) is 0.348. The summed E-state index contributed by atoms with van der Waals surface area (Å²) in [5.74, 6) is 0. The van der Waals surface area contributed by atoms with Gasteiger partial charge in [-0.3, -0.25) is 5.10 Å². The first-order valence-electron chi connectivity index (χ1n) is 9.85. The highest BCUT2D eigenvalue weighted by Crippen LogP contribution is 2.25. The Morgan fingerprint density at radius 2 is 1.63 bits per heavy atom. The number of aromatic nitrogens is 2. The minimum atomic E-state index is 0.582. The van der Waals surface area contributed by atoms with Gasteiger partial charge in [0.25, 0.3) is 0 Å². The van der Waals surface area contributed by atoms with Crippen molar-refractivity contribution in [1.82, 2.24) is 15.5 Å². The standard InChI is InChI=1S/C23H28N4/c1-17-23(18(2)26-25-17)16-24-21-12-14-27(15-13-21)22-10-8-20(9-11-22)19-6-4-3-5-7-19/h3-11,21,24H,12-16H2,1-2H3,(H,25,26). The molecule has 4 nitrogen and oxygen atoms in total. The monoisotopic (exact) mass is 360 g/mol. The average Bonchev–Trinajstić information content (AvgIpc) is 3.05. The third-order valence-corrected chi connectivity index (χ3v) is 5.68. The lowest BCUT2D eigenvalue weighted by Crippen LogP contribution is -2.42. The third kappa shape index (κ3) is 4.06. The smallest absolute Gasteiger partial charge is 0.0638 e. The van der Waals surface area contributed by atoms with Crippen molar-refractivity contribution in [3.8, 4) is 11.1 Å². The number of aryl methyl sites for hydroxylation is 2. The van der Waals surface area contributed by atoms with E-state index in [4.69, 9.17) is 0 Å². The van der Waals surface area contributed by atoms with Gasteiger partial charge in [0, 0.05) is 42.6 Å². The van der Waals surface area contributed by atoms with Crippen LogP contribution in [0.5, 0.6) is 0 Å². The number of nitrogens with zero attached hydrogens (tertiary/aromatic N) is 2. The molecule has 2 heterocycles. The van der Waals surface area contributed by atoms with Crippen molar-refractivity contribution in [2.75, 3.05) is 18.0 Å². The molecule has 2 N–H and O–H groups in total. The summed E-state index contributed by atoms with van der Waals surface area (Å²) in [6, 6.07) is 20.1. The number of anilines is 1. The molecule has 1 fully saturated rings. The number of benzene rings is 2. The number of rotatable bonds is 5. The van der Waals surface area contributed by atoms with Gasteiger partial charge in [0.1, 0.15) is 0 Å². The Hall–Kier alpha value is -2.59. The van der Waals surface area contributed by atoms with Gasteiger partial charge in [-0.15, -0.1) is 0 Å². The summed E-state index contributed by atoms with van der Waals surface area (Å²) in [4.78, 5) is 2.50. The number of H-pyrrole nitrogens is 1. The number of piperidine rings is 1. The molecule has 0 radical (unpaired) electrons. The zero-order valence-electron chi connectivity index (χ0n) is 16.2. The molecule has 2 aromatic carbocycles. The summed E-state index contributed by atoms with van der Waals surface area (Å²) < 4.78 is 0. The summed E-state index contributed by atoms with van der Waals surface area (Å²) >= 11 is 0. The van der Waals surface area contributed by atoms with Crippen LogP contribution in [0.15, 0.2) is 54.6 Å². The van der Waals surface area contributed by atoms with E-state index in [2.05, 4.69) is 88.9 Å². The van der Waals surface area contributed by atoms with Crippen LogP contribution in [0, 0.1) is 13.8 Å². The van der Waals surface area contributed by atoms with Crippen LogP contribution < -0.4 is 10.2 Å². The lowest BCUT2D eigenvalue weighted by molar-refractivity contribution is 0.413. The lowest BCUT2D eigenvalue weighted by Gasteiger charge is -2.34. The van der Waals surface area contributed by atoms with Crippen molar-refractivity contribution in [2.24, 2.45) is 0 Å². The molecule has 0 unspecified atom stereocenters. The Morgan fingerprint density at radius 1 is 0.963 bits per heavy atom. The molecule has 1 saturated heterocycles. The Kier molecular flexibility index (Phi) is 5.26. The zero-order valence-corrected chi connectivity index (χ0v) is 16.2. The summed E-state index contributed by atoms with van der Waals surface area (Å²) in [7, 11) is 0. The van der Waals surface area contributed by atoms with E-state index in [1.807, 2.05) is 0 Å². The Bertz CT molecular complexity index is 840. The molecule has 0 aliphatic carbocycles. The molecule has 140 valence electrons. The van der Waals surface area contributed by atoms with E-state index in [-0.39, 0.29) is 0 Å².